The molecule has 1 aliphatic rings. The number of ether oxygens (including phenoxy) is 1. The van der Waals surface area contributed by atoms with Crippen molar-refractivity contribution >= 4 is 17.8 Å². The van der Waals surface area contributed by atoms with Gasteiger partial charge in [0, 0.05) is 33.1 Å². The van der Waals surface area contributed by atoms with Gasteiger partial charge in [-0.2, -0.15) is 0 Å². The van der Waals surface area contributed by atoms with Gasteiger partial charge in [-0.05, 0) is 0 Å². The molecule has 1 aromatic rings. The van der Waals surface area contributed by atoms with Gasteiger partial charge < -0.3 is 14.5 Å². The van der Waals surface area contributed by atoms with Gasteiger partial charge in [0.2, 0.25) is 11.8 Å². The lowest BCUT2D eigenvalue weighted by Crippen LogP contribution is -2.50. The van der Waals surface area contributed by atoms with Crippen molar-refractivity contribution in [3.8, 4) is 0 Å². The lowest BCUT2D eigenvalue weighted by Gasteiger charge is -2.34. The van der Waals surface area contributed by atoms with Gasteiger partial charge in [0.05, 0.1) is 13.3 Å². The van der Waals surface area contributed by atoms with Gasteiger partial charge in [0.1, 0.15) is 6.54 Å². The highest BCUT2D eigenvalue weighted by Gasteiger charge is 2.23. The second kappa shape index (κ2) is 6.33. The van der Waals surface area contributed by atoms with Crippen molar-refractivity contribution in [2.75, 3.05) is 33.3 Å². The summed E-state index contributed by atoms with van der Waals surface area (Å²) in [6.45, 7) is 3.58. The van der Waals surface area contributed by atoms with E-state index in [1.807, 2.05) is 0 Å². The summed E-state index contributed by atoms with van der Waals surface area (Å²) in [5, 5.41) is 7.35. The summed E-state index contributed by atoms with van der Waals surface area (Å²) < 4.78 is 5.82. The summed E-state index contributed by atoms with van der Waals surface area (Å²) in [6.07, 6.45) is 1.37. The SMILES string of the molecule is COC(=O)c1cn(CC(=O)N2CCN(C(C)=O)CC2)nn1. The van der Waals surface area contributed by atoms with Crippen molar-refractivity contribution < 1.29 is 19.1 Å². The lowest BCUT2D eigenvalue weighted by atomic mass is 10.3. The van der Waals surface area contributed by atoms with Crippen molar-refractivity contribution in [3.05, 3.63) is 11.9 Å². The molecule has 1 fully saturated rings. The first-order chi connectivity index (χ1) is 10.0. The highest BCUT2D eigenvalue weighted by molar-refractivity contribution is 5.86. The molecule has 0 saturated carbocycles. The number of hydrogen-bond donors (Lipinski definition) is 0. The van der Waals surface area contributed by atoms with Crippen LogP contribution < -0.4 is 0 Å². The monoisotopic (exact) mass is 295 g/mol. The van der Waals surface area contributed by atoms with Gasteiger partial charge in [0.15, 0.2) is 5.69 Å². The molecule has 21 heavy (non-hydrogen) atoms. The minimum absolute atomic E-state index is 0.00403. The van der Waals surface area contributed by atoms with Crippen molar-refractivity contribution in [1.82, 2.24) is 24.8 Å². The highest BCUT2D eigenvalue weighted by Crippen LogP contribution is 2.04. The van der Waals surface area contributed by atoms with Crippen LogP contribution in [0.2, 0.25) is 0 Å². The molecule has 0 bridgehead atoms. The maximum Gasteiger partial charge on any atom is 0.360 e. The molecule has 0 aromatic carbocycles. The molecule has 1 aromatic heterocycles. The van der Waals surface area contributed by atoms with E-state index >= 15 is 0 Å². The van der Waals surface area contributed by atoms with Gasteiger partial charge in [-0.25, -0.2) is 9.48 Å². The van der Waals surface area contributed by atoms with E-state index in [-0.39, 0.29) is 24.1 Å². The maximum absolute atomic E-state index is 12.1. The summed E-state index contributed by atoms with van der Waals surface area (Å²) in [7, 11) is 1.25. The highest BCUT2D eigenvalue weighted by atomic mass is 16.5. The van der Waals surface area contributed by atoms with Crippen LogP contribution in [-0.4, -0.2) is 75.9 Å². The van der Waals surface area contributed by atoms with Crippen molar-refractivity contribution in [2.24, 2.45) is 0 Å². The zero-order valence-corrected chi connectivity index (χ0v) is 12.0. The van der Waals surface area contributed by atoms with Gasteiger partial charge in [0.25, 0.3) is 0 Å². The minimum atomic E-state index is -0.594. The Morgan fingerprint density at radius 3 is 2.38 bits per heavy atom. The normalized spacial score (nSPS) is 15.0. The quantitative estimate of drug-likeness (QED) is 0.647. The Balaban J connectivity index is 1.89. The van der Waals surface area contributed by atoms with Crippen LogP contribution in [0.5, 0.6) is 0 Å². The molecule has 2 amide bonds. The summed E-state index contributed by atoms with van der Waals surface area (Å²) >= 11 is 0. The zero-order valence-electron chi connectivity index (χ0n) is 12.0. The van der Waals surface area contributed by atoms with Crippen LogP contribution in [0.15, 0.2) is 6.20 Å². The van der Waals surface area contributed by atoms with Crippen molar-refractivity contribution in [1.29, 1.82) is 0 Å². The average Bonchev–Trinajstić information content (AvgIpc) is 2.95. The number of amides is 2. The van der Waals surface area contributed by atoms with Crippen LogP contribution in [0.4, 0.5) is 0 Å². The fourth-order valence-electron chi connectivity index (χ4n) is 2.08. The Bertz CT molecular complexity index is 548. The molecular weight excluding hydrogens is 278 g/mol. The standard InChI is InChI=1S/C12H17N5O4/c1-9(18)15-3-5-16(6-4-15)11(19)8-17-7-10(13-14-17)12(20)21-2/h7H,3-6,8H2,1-2H3. The molecule has 0 unspecified atom stereocenters. The van der Waals surface area contributed by atoms with Crippen LogP contribution in [-0.2, 0) is 20.9 Å². The number of nitrogens with zero attached hydrogens (tertiary/aromatic N) is 5. The number of carbonyl (C=O) groups excluding carboxylic acids is 3. The number of carbonyl (C=O) groups is 3. The topological polar surface area (TPSA) is 97.6 Å². The van der Waals surface area contributed by atoms with E-state index in [2.05, 4.69) is 15.0 Å². The molecule has 0 N–H and O–H groups in total. The number of piperazine rings is 1. The molecule has 9 nitrogen and oxygen atoms in total. The first kappa shape index (κ1) is 14.9. The third-order valence-electron chi connectivity index (χ3n) is 3.31. The fourth-order valence-corrected chi connectivity index (χ4v) is 2.08. The third-order valence-corrected chi connectivity index (χ3v) is 3.31. The third kappa shape index (κ3) is 3.56. The fraction of sp³-hybridized carbons (Fsp3) is 0.583. The molecule has 0 aliphatic carbocycles. The molecule has 0 atom stereocenters. The first-order valence-corrected chi connectivity index (χ1v) is 6.53. The summed E-state index contributed by atoms with van der Waals surface area (Å²) in [5.74, 6) is -0.704. The van der Waals surface area contributed by atoms with E-state index in [9.17, 15) is 14.4 Å². The van der Waals surface area contributed by atoms with Gasteiger partial charge in [-0.1, -0.05) is 5.21 Å². The van der Waals surface area contributed by atoms with Crippen LogP contribution in [0.3, 0.4) is 0 Å². The lowest BCUT2D eigenvalue weighted by molar-refractivity contribution is -0.138. The maximum atomic E-state index is 12.1. The van der Waals surface area contributed by atoms with Crippen LogP contribution in [0.1, 0.15) is 17.4 Å². The summed E-state index contributed by atoms with van der Waals surface area (Å²) in [4.78, 5) is 37.9. The van der Waals surface area contributed by atoms with Gasteiger partial charge >= 0.3 is 5.97 Å². The average molecular weight is 295 g/mol. The number of aromatic nitrogens is 3. The van der Waals surface area contributed by atoms with Crippen molar-refractivity contribution in [3.63, 3.8) is 0 Å². The van der Waals surface area contributed by atoms with Crippen LogP contribution in [0.25, 0.3) is 0 Å². The number of rotatable bonds is 3. The predicted molar refractivity (Wildman–Crippen MR) is 70.2 cm³/mol. The largest absolute Gasteiger partial charge is 0.464 e. The van der Waals surface area contributed by atoms with Gasteiger partial charge in [-0.15, -0.1) is 5.10 Å². The van der Waals surface area contributed by atoms with E-state index < -0.39 is 5.97 Å². The van der Waals surface area contributed by atoms with E-state index in [4.69, 9.17) is 0 Å². The molecule has 0 radical (unpaired) electrons. The van der Waals surface area contributed by atoms with Gasteiger partial charge in [-0.3, -0.25) is 9.59 Å². The summed E-state index contributed by atoms with van der Waals surface area (Å²) in [5.41, 5.74) is 0.0618. The zero-order chi connectivity index (χ0) is 15.4. The Morgan fingerprint density at radius 2 is 1.81 bits per heavy atom. The van der Waals surface area contributed by atoms with Crippen molar-refractivity contribution in [2.45, 2.75) is 13.5 Å². The van der Waals surface area contributed by atoms with E-state index in [0.717, 1.165) is 0 Å². The molecular formula is C12H17N5O4. The van der Waals surface area contributed by atoms with E-state index in [1.165, 1.54) is 24.9 Å². The molecule has 9 heteroatoms. The molecule has 1 aliphatic heterocycles. The Hall–Kier alpha value is -2.45. The number of hydrogen-bond acceptors (Lipinski definition) is 6. The predicted octanol–water partition coefficient (Wildman–Crippen LogP) is -1.24. The Kier molecular flexibility index (Phi) is 4.51. The molecule has 114 valence electrons. The molecule has 0 spiro atoms. The Labute approximate surface area is 121 Å². The smallest absolute Gasteiger partial charge is 0.360 e. The molecule has 2 rings (SSSR count). The number of esters is 1. The minimum Gasteiger partial charge on any atom is -0.464 e. The second-order valence-corrected chi connectivity index (χ2v) is 4.68. The molecule has 2 heterocycles. The second-order valence-electron chi connectivity index (χ2n) is 4.68. The summed E-state index contributed by atoms with van der Waals surface area (Å²) in [6, 6.07) is 0. The van der Waals surface area contributed by atoms with E-state index in [1.54, 1.807) is 9.80 Å². The first-order valence-electron chi connectivity index (χ1n) is 6.53. The van der Waals surface area contributed by atoms with E-state index in [0.29, 0.717) is 26.2 Å². The van der Waals surface area contributed by atoms with Crippen LogP contribution >= 0.6 is 0 Å². The Morgan fingerprint density at radius 1 is 1.19 bits per heavy atom. The number of methoxy groups -OCH3 is 1. The van der Waals surface area contributed by atoms with Crippen LogP contribution in [0, 0.1) is 0 Å². The molecule has 1 saturated heterocycles.